The van der Waals surface area contributed by atoms with Crippen LogP contribution in [-0.4, -0.2) is 29.7 Å². The van der Waals surface area contributed by atoms with E-state index in [0.29, 0.717) is 36.7 Å². The normalized spacial score (nSPS) is 11.3. The van der Waals surface area contributed by atoms with Crippen molar-refractivity contribution in [1.29, 1.82) is 0 Å². The van der Waals surface area contributed by atoms with Crippen LogP contribution in [0.3, 0.4) is 0 Å². The van der Waals surface area contributed by atoms with Gasteiger partial charge in [0.15, 0.2) is 5.82 Å². The van der Waals surface area contributed by atoms with E-state index in [1.54, 1.807) is 0 Å². The first kappa shape index (κ1) is 16.7. The number of nitrogen functional groups attached to an aromatic ring is 1. The molecule has 5 nitrogen and oxygen atoms in total. The molecule has 0 radical (unpaired) electrons. The van der Waals surface area contributed by atoms with Crippen LogP contribution in [0.2, 0.25) is 0 Å². The van der Waals surface area contributed by atoms with Crippen molar-refractivity contribution >= 4 is 11.6 Å². The third-order valence-electron chi connectivity index (χ3n) is 2.71. The van der Waals surface area contributed by atoms with Gasteiger partial charge >= 0.3 is 0 Å². The summed E-state index contributed by atoms with van der Waals surface area (Å²) >= 11 is 0. The zero-order valence-electron chi connectivity index (χ0n) is 13.4. The minimum Gasteiger partial charge on any atom is -0.384 e. The molecule has 0 saturated heterocycles. The lowest BCUT2D eigenvalue weighted by molar-refractivity contribution is 0.128. The van der Waals surface area contributed by atoms with E-state index in [2.05, 4.69) is 42.6 Å². The Morgan fingerprint density at radius 1 is 1.15 bits per heavy atom. The second-order valence-electron chi connectivity index (χ2n) is 5.90. The molecule has 1 aromatic rings. The van der Waals surface area contributed by atoms with Gasteiger partial charge < -0.3 is 15.4 Å². The molecule has 0 unspecified atom stereocenters. The van der Waals surface area contributed by atoms with Crippen molar-refractivity contribution in [3.63, 3.8) is 0 Å². The Morgan fingerprint density at radius 3 is 2.25 bits per heavy atom. The van der Waals surface area contributed by atoms with Crippen molar-refractivity contribution in [3.8, 4) is 0 Å². The molecule has 1 aromatic heterocycles. The molecule has 0 aromatic carbocycles. The van der Waals surface area contributed by atoms with E-state index < -0.39 is 0 Å². The highest BCUT2D eigenvalue weighted by atomic mass is 16.5. The maximum absolute atomic E-state index is 5.90. The lowest BCUT2D eigenvalue weighted by Gasteiger charge is -2.27. The number of aromatic nitrogens is 2. The maximum atomic E-state index is 5.90. The molecule has 0 aliphatic heterocycles. The van der Waals surface area contributed by atoms with Crippen LogP contribution in [0.4, 0.5) is 11.6 Å². The summed E-state index contributed by atoms with van der Waals surface area (Å²) in [6.45, 7) is 13.8. The molecule has 1 rings (SSSR count). The van der Waals surface area contributed by atoms with Gasteiger partial charge in [-0.15, -0.1) is 0 Å². The van der Waals surface area contributed by atoms with Gasteiger partial charge in [-0.3, -0.25) is 0 Å². The van der Waals surface area contributed by atoms with Crippen LogP contribution in [0.5, 0.6) is 0 Å². The van der Waals surface area contributed by atoms with E-state index >= 15 is 0 Å². The summed E-state index contributed by atoms with van der Waals surface area (Å²) in [5.41, 5.74) is 5.90. The van der Waals surface area contributed by atoms with Gasteiger partial charge in [-0.05, 0) is 18.8 Å². The maximum Gasteiger partial charge on any atom is 0.158 e. The van der Waals surface area contributed by atoms with Crippen LogP contribution in [0.25, 0.3) is 0 Å². The predicted octanol–water partition coefficient (Wildman–Crippen LogP) is 2.71. The van der Waals surface area contributed by atoms with Gasteiger partial charge in [0.05, 0.1) is 0 Å². The van der Waals surface area contributed by atoms with E-state index in [-0.39, 0.29) is 0 Å². The van der Waals surface area contributed by atoms with Gasteiger partial charge in [-0.25, -0.2) is 9.97 Å². The first-order valence-electron chi connectivity index (χ1n) is 7.38. The monoisotopic (exact) mass is 280 g/mol. The van der Waals surface area contributed by atoms with E-state index in [4.69, 9.17) is 10.5 Å². The molecule has 0 fully saturated rings. The first-order valence-corrected chi connectivity index (χ1v) is 7.38. The summed E-state index contributed by atoms with van der Waals surface area (Å²) in [4.78, 5) is 11.1. The predicted molar refractivity (Wildman–Crippen MR) is 83.7 cm³/mol. The summed E-state index contributed by atoms with van der Waals surface area (Å²) in [5.74, 6) is 3.19. The zero-order valence-corrected chi connectivity index (χ0v) is 13.4. The van der Waals surface area contributed by atoms with E-state index in [9.17, 15) is 0 Å². The topological polar surface area (TPSA) is 64.3 Å². The number of nitrogens with zero attached hydrogens (tertiary/aromatic N) is 3. The third kappa shape index (κ3) is 5.74. The molecule has 0 aliphatic rings. The molecule has 1 heterocycles. The molecule has 0 aliphatic carbocycles. The van der Waals surface area contributed by atoms with E-state index in [1.807, 2.05) is 13.0 Å². The fraction of sp³-hybridized carbons (Fsp3) is 0.733. The molecular weight excluding hydrogens is 252 g/mol. The van der Waals surface area contributed by atoms with Gasteiger partial charge in [-0.2, -0.15) is 0 Å². The molecular formula is C15H28N4O. The van der Waals surface area contributed by atoms with Crippen molar-refractivity contribution in [1.82, 2.24) is 9.97 Å². The SMILES string of the molecule is CCOCc1nc(N)cc(N(CC(C)C)CC(C)C)n1. The van der Waals surface area contributed by atoms with Crippen LogP contribution in [0.15, 0.2) is 6.07 Å². The van der Waals surface area contributed by atoms with Crippen molar-refractivity contribution in [2.24, 2.45) is 11.8 Å². The molecule has 114 valence electrons. The fourth-order valence-electron chi connectivity index (χ4n) is 2.07. The van der Waals surface area contributed by atoms with E-state index in [0.717, 1.165) is 18.9 Å². The number of ether oxygens (including phenoxy) is 1. The van der Waals surface area contributed by atoms with Crippen molar-refractivity contribution < 1.29 is 4.74 Å². The summed E-state index contributed by atoms with van der Waals surface area (Å²) in [6.07, 6.45) is 0. The molecule has 0 spiro atoms. The average Bonchev–Trinajstić information content (AvgIpc) is 2.33. The van der Waals surface area contributed by atoms with E-state index in [1.165, 1.54) is 0 Å². The fourth-order valence-corrected chi connectivity index (χ4v) is 2.07. The largest absolute Gasteiger partial charge is 0.384 e. The van der Waals surface area contributed by atoms with Crippen LogP contribution in [0.1, 0.15) is 40.4 Å². The molecule has 0 bridgehead atoms. The van der Waals surface area contributed by atoms with Gasteiger partial charge in [0.1, 0.15) is 18.2 Å². The number of nitrogens with two attached hydrogens (primary N) is 1. The smallest absolute Gasteiger partial charge is 0.158 e. The van der Waals surface area contributed by atoms with Crippen molar-refractivity contribution in [2.75, 3.05) is 30.3 Å². The Morgan fingerprint density at radius 2 is 1.75 bits per heavy atom. The summed E-state index contributed by atoms with van der Waals surface area (Å²) in [7, 11) is 0. The molecule has 0 atom stereocenters. The highest BCUT2D eigenvalue weighted by molar-refractivity contribution is 5.47. The number of rotatable bonds is 8. The minimum absolute atomic E-state index is 0.408. The van der Waals surface area contributed by atoms with Crippen LogP contribution in [0, 0.1) is 11.8 Å². The number of hydrogen-bond acceptors (Lipinski definition) is 5. The highest BCUT2D eigenvalue weighted by Crippen LogP contribution is 2.18. The summed E-state index contributed by atoms with van der Waals surface area (Å²) < 4.78 is 5.37. The Balaban J connectivity index is 2.95. The second-order valence-corrected chi connectivity index (χ2v) is 5.90. The molecule has 0 amide bonds. The van der Waals surface area contributed by atoms with Gasteiger partial charge in [0.25, 0.3) is 0 Å². The summed E-state index contributed by atoms with van der Waals surface area (Å²) in [5, 5.41) is 0. The Bertz CT molecular complexity index is 397. The summed E-state index contributed by atoms with van der Waals surface area (Å²) in [6, 6.07) is 1.85. The van der Waals surface area contributed by atoms with Gasteiger partial charge in [0, 0.05) is 25.8 Å². The lowest BCUT2D eigenvalue weighted by Crippen LogP contribution is -2.32. The Labute approximate surface area is 122 Å². The van der Waals surface area contributed by atoms with Gasteiger partial charge in [-0.1, -0.05) is 27.7 Å². The minimum atomic E-state index is 0.408. The third-order valence-corrected chi connectivity index (χ3v) is 2.71. The Kier molecular flexibility index (Phi) is 6.71. The lowest BCUT2D eigenvalue weighted by atomic mass is 10.1. The molecule has 0 saturated carbocycles. The number of hydrogen-bond donors (Lipinski definition) is 1. The molecule has 2 N–H and O–H groups in total. The first-order chi connectivity index (χ1) is 9.42. The van der Waals surface area contributed by atoms with Crippen LogP contribution < -0.4 is 10.6 Å². The molecule has 5 heteroatoms. The average molecular weight is 280 g/mol. The quantitative estimate of drug-likeness (QED) is 0.793. The highest BCUT2D eigenvalue weighted by Gasteiger charge is 2.14. The van der Waals surface area contributed by atoms with Crippen LogP contribution in [-0.2, 0) is 11.3 Å². The van der Waals surface area contributed by atoms with Crippen molar-refractivity contribution in [3.05, 3.63) is 11.9 Å². The zero-order chi connectivity index (χ0) is 15.1. The Hall–Kier alpha value is -1.36. The second kappa shape index (κ2) is 8.04. The van der Waals surface area contributed by atoms with Gasteiger partial charge in [0.2, 0.25) is 0 Å². The van der Waals surface area contributed by atoms with Crippen molar-refractivity contribution in [2.45, 2.75) is 41.2 Å². The number of anilines is 2. The van der Waals surface area contributed by atoms with Crippen LogP contribution >= 0.6 is 0 Å². The molecule has 20 heavy (non-hydrogen) atoms. The standard InChI is InChI=1S/C15H28N4O/c1-6-20-10-14-17-13(16)7-15(18-14)19(8-11(2)3)9-12(4)5/h7,11-12H,6,8-10H2,1-5H3,(H2,16,17,18).